The first-order valence-electron chi connectivity index (χ1n) is 8.10. The first-order chi connectivity index (χ1) is 12.1. The topological polar surface area (TPSA) is 76.7 Å². The monoisotopic (exact) mass is 376 g/mol. The largest absolute Gasteiger partial charge is 0.497 e. The van der Waals surface area contributed by atoms with Crippen molar-refractivity contribution in [2.24, 2.45) is 5.41 Å². The van der Waals surface area contributed by atoms with Crippen molar-refractivity contribution in [3.63, 3.8) is 0 Å². The molecule has 2 N–H and O–H groups in total. The van der Waals surface area contributed by atoms with Gasteiger partial charge in [0.2, 0.25) is 5.91 Å². The molecule has 0 radical (unpaired) electrons. The molecule has 1 heterocycles. The standard InChI is InChI=1S/C19H24N2O4S/c1-11-7-15(21-18(23)19(2,3)4)26-16(11)17(22)20-12-8-13(24-5)10-14(9-12)25-6/h7-10H,1-6H3,(H,20,22)(H,21,23). The van der Waals surface area contributed by atoms with Crippen molar-refractivity contribution in [3.05, 3.63) is 34.7 Å². The summed E-state index contributed by atoms with van der Waals surface area (Å²) in [6.45, 7) is 7.36. The van der Waals surface area contributed by atoms with Gasteiger partial charge in [-0.2, -0.15) is 0 Å². The van der Waals surface area contributed by atoms with Crippen LogP contribution in [0, 0.1) is 12.3 Å². The molecule has 0 bridgehead atoms. The summed E-state index contributed by atoms with van der Waals surface area (Å²) in [7, 11) is 3.10. The summed E-state index contributed by atoms with van der Waals surface area (Å²) in [4.78, 5) is 25.3. The molecule has 1 aromatic heterocycles. The van der Waals surface area contributed by atoms with Gasteiger partial charge in [-0.3, -0.25) is 9.59 Å². The van der Waals surface area contributed by atoms with Crippen molar-refractivity contribution < 1.29 is 19.1 Å². The van der Waals surface area contributed by atoms with E-state index in [0.717, 1.165) is 5.56 Å². The highest BCUT2D eigenvalue weighted by molar-refractivity contribution is 7.18. The highest BCUT2D eigenvalue weighted by Gasteiger charge is 2.23. The third kappa shape index (κ3) is 4.76. The van der Waals surface area contributed by atoms with Crippen LogP contribution < -0.4 is 20.1 Å². The van der Waals surface area contributed by atoms with Crippen LogP contribution in [0.15, 0.2) is 24.3 Å². The Morgan fingerprint density at radius 2 is 1.54 bits per heavy atom. The van der Waals surface area contributed by atoms with Crippen molar-refractivity contribution in [2.45, 2.75) is 27.7 Å². The van der Waals surface area contributed by atoms with E-state index in [9.17, 15) is 9.59 Å². The minimum Gasteiger partial charge on any atom is -0.497 e. The Morgan fingerprint density at radius 3 is 2.04 bits per heavy atom. The zero-order chi connectivity index (χ0) is 19.5. The molecule has 0 saturated heterocycles. The zero-order valence-electron chi connectivity index (χ0n) is 15.9. The predicted molar refractivity (Wildman–Crippen MR) is 105 cm³/mol. The Bertz CT molecular complexity index is 799. The summed E-state index contributed by atoms with van der Waals surface area (Å²) < 4.78 is 10.4. The Balaban J connectivity index is 2.19. The minimum atomic E-state index is -0.503. The van der Waals surface area contributed by atoms with Crippen LogP contribution in [0.5, 0.6) is 11.5 Å². The molecule has 0 unspecified atom stereocenters. The number of rotatable bonds is 5. The van der Waals surface area contributed by atoms with Crippen LogP contribution in [0.25, 0.3) is 0 Å². The lowest BCUT2D eigenvalue weighted by atomic mass is 9.96. The van der Waals surface area contributed by atoms with Gasteiger partial charge in [0.1, 0.15) is 11.5 Å². The number of carbonyl (C=O) groups is 2. The van der Waals surface area contributed by atoms with Crippen LogP contribution in [0.2, 0.25) is 0 Å². The summed E-state index contributed by atoms with van der Waals surface area (Å²) in [5.41, 5.74) is 0.864. The van der Waals surface area contributed by atoms with E-state index >= 15 is 0 Å². The van der Waals surface area contributed by atoms with Crippen molar-refractivity contribution in [2.75, 3.05) is 24.9 Å². The summed E-state index contributed by atoms with van der Waals surface area (Å²) in [5.74, 6) is 0.823. The van der Waals surface area contributed by atoms with Crippen LogP contribution in [0.1, 0.15) is 36.0 Å². The van der Waals surface area contributed by atoms with Crippen molar-refractivity contribution >= 4 is 33.8 Å². The first-order valence-corrected chi connectivity index (χ1v) is 8.92. The van der Waals surface area contributed by atoms with E-state index in [0.29, 0.717) is 27.1 Å². The van der Waals surface area contributed by atoms with Crippen molar-refractivity contribution in [1.29, 1.82) is 0 Å². The van der Waals surface area contributed by atoms with Crippen molar-refractivity contribution in [3.8, 4) is 11.5 Å². The summed E-state index contributed by atoms with van der Waals surface area (Å²) in [6, 6.07) is 6.96. The van der Waals surface area contributed by atoms with Gasteiger partial charge in [-0.25, -0.2) is 0 Å². The fourth-order valence-corrected chi connectivity index (χ4v) is 3.10. The molecule has 0 aliphatic heterocycles. The average molecular weight is 376 g/mol. The van der Waals surface area contributed by atoms with Crippen LogP contribution in [-0.4, -0.2) is 26.0 Å². The fourth-order valence-electron chi connectivity index (χ4n) is 2.14. The molecule has 7 heteroatoms. The number of nitrogens with one attached hydrogen (secondary N) is 2. The summed E-state index contributed by atoms with van der Waals surface area (Å²) in [6.07, 6.45) is 0. The molecule has 0 fully saturated rings. The zero-order valence-corrected chi connectivity index (χ0v) is 16.7. The molecule has 0 aliphatic rings. The summed E-state index contributed by atoms with van der Waals surface area (Å²) >= 11 is 1.24. The molecule has 0 atom stereocenters. The highest BCUT2D eigenvalue weighted by atomic mass is 32.1. The molecule has 6 nitrogen and oxygen atoms in total. The average Bonchev–Trinajstić information content (AvgIpc) is 2.93. The van der Waals surface area contributed by atoms with Gasteiger partial charge in [0.15, 0.2) is 0 Å². The number of ether oxygens (including phenoxy) is 2. The second-order valence-corrected chi connectivity index (χ2v) is 7.93. The second kappa shape index (κ2) is 7.78. The molecule has 2 amide bonds. The predicted octanol–water partition coefficient (Wildman–Crippen LogP) is 4.31. The number of anilines is 2. The molecule has 26 heavy (non-hydrogen) atoms. The minimum absolute atomic E-state index is 0.0942. The molecule has 140 valence electrons. The molecule has 0 spiro atoms. The van der Waals surface area contributed by atoms with E-state index in [1.54, 1.807) is 38.5 Å². The Hall–Kier alpha value is -2.54. The van der Waals surface area contributed by atoms with Crippen LogP contribution >= 0.6 is 11.3 Å². The molecular formula is C19H24N2O4S. The summed E-state index contributed by atoms with van der Waals surface area (Å²) in [5, 5.41) is 6.35. The molecule has 2 rings (SSSR count). The number of thiophene rings is 1. The maximum atomic E-state index is 12.6. The van der Waals surface area contributed by atoms with Gasteiger partial charge < -0.3 is 20.1 Å². The fraction of sp³-hybridized carbons (Fsp3) is 0.368. The number of amides is 2. The third-order valence-electron chi connectivity index (χ3n) is 3.65. The smallest absolute Gasteiger partial charge is 0.266 e. The van der Waals surface area contributed by atoms with Gasteiger partial charge in [-0.15, -0.1) is 11.3 Å². The number of carbonyl (C=O) groups excluding carboxylic acids is 2. The van der Waals surface area contributed by atoms with Crippen molar-refractivity contribution in [1.82, 2.24) is 0 Å². The second-order valence-electron chi connectivity index (χ2n) is 6.88. The Kier molecular flexibility index (Phi) is 5.92. The van der Waals surface area contributed by atoms with Gasteiger partial charge >= 0.3 is 0 Å². The molecule has 0 aliphatic carbocycles. The van der Waals surface area contributed by atoms with E-state index in [-0.39, 0.29) is 11.8 Å². The van der Waals surface area contributed by atoms with E-state index in [4.69, 9.17) is 9.47 Å². The van der Waals surface area contributed by atoms with Crippen LogP contribution in [-0.2, 0) is 4.79 Å². The number of hydrogen-bond acceptors (Lipinski definition) is 5. The van der Waals surface area contributed by atoms with Gasteiger partial charge in [-0.05, 0) is 18.6 Å². The maximum absolute atomic E-state index is 12.6. The van der Waals surface area contributed by atoms with Crippen LogP contribution in [0.3, 0.4) is 0 Å². The molecule has 1 aromatic carbocycles. The number of hydrogen-bond donors (Lipinski definition) is 2. The first kappa shape index (κ1) is 19.8. The van der Waals surface area contributed by atoms with E-state index in [1.165, 1.54) is 11.3 Å². The quantitative estimate of drug-likeness (QED) is 0.815. The lowest BCUT2D eigenvalue weighted by Gasteiger charge is -2.16. The van der Waals surface area contributed by atoms with Gasteiger partial charge in [0, 0.05) is 29.3 Å². The van der Waals surface area contributed by atoms with Gasteiger partial charge in [0.25, 0.3) is 5.91 Å². The number of aryl methyl sites for hydroxylation is 1. The van der Waals surface area contributed by atoms with E-state index in [2.05, 4.69) is 10.6 Å². The lowest BCUT2D eigenvalue weighted by Crippen LogP contribution is -2.27. The number of benzene rings is 1. The normalized spacial score (nSPS) is 11.0. The lowest BCUT2D eigenvalue weighted by molar-refractivity contribution is -0.123. The Morgan fingerprint density at radius 1 is 0.962 bits per heavy atom. The maximum Gasteiger partial charge on any atom is 0.266 e. The SMILES string of the molecule is COc1cc(NC(=O)c2sc(NC(=O)C(C)(C)C)cc2C)cc(OC)c1. The Labute approximate surface area is 157 Å². The number of methoxy groups -OCH3 is 2. The highest BCUT2D eigenvalue weighted by Crippen LogP contribution is 2.30. The van der Waals surface area contributed by atoms with Gasteiger partial charge in [0.05, 0.1) is 24.1 Å². The van der Waals surface area contributed by atoms with Crippen LogP contribution in [0.4, 0.5) is 10.7 Å². The van der Waals surface area contributed by atoms with E-state index in [1.807, 2.05) is 27.7 Å². The molecule has 0 saturated carbocycles. The van der Waals surface area contributed by atoms with E-state index < -0.39 is 5.41 Å². The molecule has 2 aromatic rings. The van der Waals surface area contributed by atoms with Gasteiger partial charge in [-0.1, -0.05) is 20.8 Å². The molecular weight excluding hydrogens is 352 g/mol. The third-order valence-corrected chi connectivity index (χ3v) is 4.80.